The van der Waals surface area contributed by atoms with E-state index in [9.17, 15) is 4.79 Å². The average Bonchev–Trinajstić information content (AvgIpc) is 2.30. The Morgan fingerprint density at radius 1 is 1.50 bits per heavy atom. The van der Waals surface area contributed by atoms with Gasteiger partial charge in [0.25, 0.3) is 5.91 Å². The van der Waals surface area contributed by atoms with Crippen molar-refractivity contribution in [1.29, 1.82) is 0 Å². The SMILES string of the molecule is CN(O)C(=O)C1CCCCCN1. The molecule has 1 rings (SSSR count). The fraction of sp³-hybridized carbons (Fsp3) is 0.875. The molecule has 0 bridgehead atoms. The topological polar surface area (TPSA) is 52.6 Å². The van der Waals surface area contributed by atoms with Gasteiger partial charge >= 0.3 is 0 Å². The Hall–Kier alpha value is -0.610. The van der Waals surface area contributed by atoms with Crippen LogP contribution in [0.2, 0.25) is 0 Å². The number of carbonyl (C=O) groups excluding carboxylic acids is 1. The molecule has 0 aliphatic carbocycles. The second-order valence-electron chi connectivity index (χ2n) is 3.22. The summed E-state index contributed by atoms with van der Waals surface area (Å²) in [5.74, 6) is -0.225. The summed E-state index contributed by atoms with van der Waals surface area (Å²) in [4.78, 5) is 11.3. The van der Waals surface area contributed by atoms with Gasteiger partial charge in [0.1, 0.15) is 0 Å². The lowest BCUT2D eigenvalue weighted by molar-refractivity contribution is -0.161. The lowest BCUT2D eigenvalue weighted by Crippen LogP contribution is -2.43. The molecular formula is C8H16N2O2. The number of hydroxylamine groups is 2. The van der Waals surface area contributed by atoms with Crippen molar-refractivity contribution >= 4 is 5.91 Å². The maximum atomic E-state index is 11.3. The van der Waals surface area contributed by atoms with Crippen LogP contribution in [0.25, 0.3) is 0 Å². The molecule has 0 aromatic rings. The van der Waals surface area contributed by atoms with E-state index in [0.29, 0.717) is 5.06 Å². The van der Waals surface area contributed by atoms with Gasteiger partial charge in [-0.3, -0.25) is 10.0 Å². The van der Waals surface area contributed by atoms with Gasteiger partial charge in [0.05, 0.1) is 6.04 Å². The van der Waals surface area contributed by atoms with Gasteiger partial charge < -0.3 is 5.32 Å². The third-order valence-electron chi connectivity index (χ3n) is 2.18. The lowest BCUT2D eigenvalue weighted by atomic mass is 10.1. The molecule has 0 aromatic carbocycles. The van der Waals surface area contributed by atoms with E-state index in [2.05, 4.69) is 5.32 Å². The van der Waals surface area contributed by atoms with Crippen LogP contribution in [0.4, 0.5) is 0 Å². The number of hydrogen-bond acceptors (Lipinski definition) is 3. The van der Waals surface area contributed by atoms with Gasteiger partial charge in [-0.15, -0.1) is 0 Å². The Labute approximate surface area is 72.5 Å². The molecule has 2 N–H and O–H groups in total. The van der Waals surface area contributed by atoms with Gasteiger partial charge in [-0.1, -0.05) is 12.8 Å². The summed E-state index contributed by atoms with van der Waals surface area (Å²) >= 11 is 0. The van der Waals surface area contributed by atoms with E-state index in [1.54, 1.807) is 0 Å². The van der Waals surface area contributed by atoms with E-state index in [4.69, 9.17) is 5.21 Å². The van der Waals surface area contributed by atoms with Crippen LogP contribution in [0.3, 0.4) is 0 Å². The number of amides is 1. The molecule has 4 nitrogen and oxygen atoms in total. The number of nitrogens with zero attached hydrogens (tertiary/aromatic N) is 1. The van der Waals surface area contributed by atoms with E-state index < -0.39 is 0 Å². The molecule has 0 spiro atoms. The van der Waals surface area contributed by atoms with Crippen molar-refractivity contribution in [3.63, 3.8) is 0 Å². The smallest absolute Gasteiger partial charge is 0.262 e. The molecule has 1 saturated heterocycles. The molecule has 0 saturated carbocycles. The normalized spacial score (nSPS) is 24.7. The zero-order valence-corrected chi connectivity index (χ0v) is 7.42. The first-order valence-electron chi connectivity index (χ1n) is 4.41. The average molecular weight is 172 g/mol. The number of nitrogens with one attached hydrogen (secondary N) is 1. The molecular weight excluding hydrogens is 156 g/mol. The van der Waals surface area contributed by atoms with Crippen LogP contribution in [0.15, 0.2) is 0 Å². The number of carbonyl (C=O) groups is 1. The van der Waals surface area contributed by atoms with Crippen molar-refractivity contribution < 1.29 is 10.0 Å². The maximum Gasteiger partial charge on any atom is 0.262 e. The molecule has 1 fully saturated rings. The van der Waals surface area contributed by atoms with E-state index >= 15 is 0 Å². The largest absolute Gasteiger partial charge is 0.306 e. The van der Waals surface area contributed by atoms with Crippen LogP contribution in [-0.4, -0.2) is 35.8 Å². The second kappa shape index (κ2) is 4.42. The highest BCUT2D eigenvalue weighted by atomic mass is 16.5. The third kappa shape index (κ3) is 2.46. The molecule has 1 unspecified atom stereocenters. The summed E-state index contributed by atoms with van der Waals surface area (Å²) < 4.78 is 0. The van der Waals surface area contributed by atoms with Crippen molar-refractivity contribution in [1.82, 2.24) is 10.4 Å². The Kier molecular flexibility index (Phi) is 3.49. The zero-order valence-electron chi connectivity index (χ0n) is 7.42. The fourth-order valence-electron chi connectivity index (χ4n) is 1.46. The predicted molar refractivity (Wildman–Crippen MR) is 44.8 cm³/mol. The molecule has 1 amide bonds. The molecule has 1 aliphatic heterocycles. The van der Waals surface area contributed by atoms with Crippen molar-refractivity contribution in [2.45, 2.75) is 31.7 Å². The summed E-state index contributed by atoms with van der Waals surface area (Å²) in [7, 11) is 1.37. The minimum atomic E-state index is -0.225. The van der Waals surface area contributed by atoms with Gasteiger partial charge in [-0.2, -0.15) is 0 Å². The van der Waals surface area contributed by atoms with Gasteiger partial charge in [0, 0.05) is 7.05 Å². The summed E-state index contributed by atoms with van der Waals surface area (Å²) in [6, 6.07) is -0.178. The quantitative estimate of drug-likeness (QED) is 0.443. The van der Waals surface area contributed by atoms with Crippen LogP contribution in [0.1, 0.15) is 25.7 Å². The molecule has 70 valence electrons. The lowest BCUT2D eigenvalue weighted by Gasteiger charge is -2.17. The van der Waals surface area contributed by atoms with Crippen molar-refractivity contribution in [2.24, 2.45) is 0 Å². The Bertz CT molecular complexity index is 151. The Balaban J connectivity index is 2.43. The van der Waals surface area contributed by atoms with E-state index in [1.165, 1.54) is 13.5 Å². The maximum absolute atomic E-state index is 11.3. The molecule has 4 heteroatoms. The molecule has 12 heavy (non-hydrogen) atoms. The summed E-state index contributed by atoms with van der Waals surface area (Å²) in [5, 5.41) is 12.7. The highest BCUT2D eigenvalue weighted by Gasteiger charge is 2.21. The highest BCUT2D eigenvalue weighted by Crippen LogP contribution is 2.09. The fourth-order valence-corrected chi connectivity index (χ4v) is 1.46. The molecule has 0 aromatic heterocycles. The van der Waals surface area contributed by atoms with E-state index in [-0.39, 0.29) is 11.9 Å². The Morgan fingerprint density at radius 2 is 2.25 bits per heavy atom. The summed E-state index contributed by atoms with van der Waals surface area (Å²) in [6.07, 6.45) is 4.20. The highest BCUT2D eigenvalue weighted by molar-refractivity contribution is 5.80. The van der Waals surface area contributed by atoms with Gasteiger partial charge in [-0.05, 0) is 19.4 Å². The predicted octanol–water partition coefficient (Wildman–Crippen LogP) is 0.366. The summed E-state index contributed by atoms with van der Waals surface area (Å²) in [6.45, 7) is 0.879. The molecule has 1 heterocycles. The summed E-state index contributed by atoms with van der Waals surface area (Å²) in [5.41, 5.74) is 0. The first-order valence-corrected chi connectivity index (χ1v) is 4.41. The third-order valence-corrected chi connectivity index (χ3v) is 2.18. The number of hydrogen-bond donors (Lipinski definition) is 2. The minimum Gasteiger partial charge on any atom is -0.306 e. The molecule has 1 aliphatic rings. The molecule has 1 atom stereocenters. The standard InChI is InChI=1S/C8H16N2O2/c1-10(12)8(11)7-5-3-2-4-6-9-7/h7,9,12H,2-6H2,1H3. The van der Waals surface area contributed by atoms with E-state index in [0.717, 1.165) is 25.8 Å². The van der Waals surface area contributed by atoms with Crippen LogP contribution in [0.5, 0.6) is 0 Å². The van der Waals surface area contributed by atoms with Gasteiger partial charge in [0.2, 0.25) is 0 Å². The van der Waals surface area contributed by atoms with Gasteiger partial charge in [0.15, 0.2) is 0 Å². The van der Waals surface area contributed by atoms with Crippen molar-refractivity contribution in [3.05, 3.63) is 0 Å². The van der Waals surface area contributed by atoms with Gasteiger partial charge in [-0.25, -0.2) is 5.06 Å². The first kappa shape index (κ1) is 9.48. The van der Waals surface area contributed by atoms with Crippen LogP contribution in [0, 0.1) is 0 Å². The zero-order chi connectivity index (χ0) is 8.97. The monoisotopic (exact) mass is 172 g/mol. The van der Waals surface area contributed by atoms with Crippen LogP contribution in [-0.2, 0) is 4.79 Å². The molecule has 0 radical (unpaired) electrons. The van der Waals surface area contributed by atoms with Crippen LogP contribution < -0.4 is 5.32 Å². The second-order valence-corrected chi connectivity index (χ2v) is 3.22. The Morgan fingerprint density at radius 3 is 2.92 bits per heavy atom. The first-order chi connectivity index (χ1) is 5.72. The van der Waals surface area contributed by atoms with E-state index in [1.807, 2.05) is 0 Å². The minimum absolute atomic E-state index is 0.178. The number of rotatable bonds is 1. The van der Waals surface area contributed by atoms with Crippen molar-refractivity contribution in [3.8, 4) is 0 Å². The number of likely N-dealkylation sites (N-methyl/N-ethyl adjacent to an activating group) is 1. The van der Waals surface area contributed by atoms with Crippen LogP contribution >= 0.6 is 0 Å². The van der Waals surface area contributed by atoms with Crippen molar-refractivity contribution in [2.75, 3.05) is 13.6 Å².